The Bertz CT molecular complexity index is 1260. The molecule has 0 saturated heterocycles. The molecule has 10 heteroatoms. The lowest BCUT2D eigenvalue weighted by Gasteiger charge is -2.32. The van der Waals surface area contributed by atoms with Crippen LogP contribution >= 0.6 is 0 Å². The van der Waals surface area contributed by atoms with Gasteiger partial charge in [0.2, 0.25) is 0 Å². The van der Waals surface area contributed by atoms with Gasteiger partial charge in [0.25, 0.3) is 5.91 Å². The van der Waals surface area contributed by atoms with Gasteiger partial charge in [0.1, 0.15) is 11.4 Å². The van der Waals surface area contributed by atoms with Gasteiger partial charge in [0, 0.05) is 32.6 Å². The zero-order valence-electron chi connectivity index (χ0n) is 16.6. The van der Waals surface area contributed by atoms with Crippen LogP contribution < -0.4 is 16.0 Å². The quantitative estimate of drug-likeness (QED) is 0.395. The predicted molar refractivity (Wildman–Crippen MR) is 113 cm³/mol. The fourth-order valence-corrected chi connectivity index (χ4v) is 3.75. The van der Waals surface area contributed by atoms with Crippen molar-refractivity contribution in [1.82, 2.24) is 29.3 Å². The van der Waals surface area contributed by atoms with Gasteiger partial charge >= 0.3 is 0 Å². The highest BCUT2D eigenvalue weighted by molar-refractivity contribution is 6.00. The molecule has 1 unspecified atom stereocenters. The minimum Gasteiger partial charge on any atom is -0.391 e. The highest BCUT2D eigenvalue weighted by Crippen LogP contribution is 2.27. The largest absolute Gasteiger partial charge is 0.391 e. The highest BCUT2D eigenvalue weighted by atomic mass is 16.3. The molecular weight excluding hydrogens is 384 g/mol. The molecule has 1 amide bonds. The van der Waals surface area contributed by atoms with Crippen molar-refractivity contribution < 1.29 is 9.90 Å². The maximum atomic E-state index is 12.8. The van der Waals surface area contributed by atoms with E-state index < -0.39 is 6.10 Å². The van der Waals surface area contributed by atoms with Crippen LogP contribution in [0.1, 0.15) is 23.2 Å². The Morgan fingerprint density at radius 3 is 2.77 bits per heavy atom. The Morgan fingerprint density at radius 2 is 2.07 bits per heavy atom. The van der Waals surface area contributed by atoms with Crippen LogP contribution in [0, 0.1) is 0 Å². The number of nitrogens with zero attached hydrogens (tertiary/aromatic N) is 5. The number of aliphatic hydroxyl groups excluding tert-OH is 1. The molecule has 0 spiro atoms. The molecule has 4 aromatic heterocycles. The third-order valence-electron chi connectivity index (χ3n) is 5.61. The van der Waals surface area contributed by atoms with Crippen LogP contribution in [-0.4, -0.2) is 61.2 Å². The number of rotatable bonds is 5. The van der Waals surface area contributed by atoms with Gasteiger partial charge < -0.3 is 21.1 Å². The van der Waals surface area contributed by atoms with Crippen LogP contribution in [0.3, 0.4) is 0 Å². The number of hydrogen-bond acceptors (Lipinski definition) is 7. The summed E-state index contributed by atoms with van der Waals surface area (Å²) in [5, 5.41) is 23.3. The first kappa shape index (κ1) is 18.4. The van der Waals surface area contributed by atoms with Gasteiger partial charge in [-0.1, -0.05) is 0 Å². The molecule has 4 aromatic rings. The predicted octanol–water partition coefficient (Wildman–Crippen LogP) is 1.38. The van der Waals surface area contributed by atoms with Gasteiger partial charge in [-0.15, -0.1) is 0 Å². The smallest absolute Gasteiger partial charge is 0.257 e. The van der Waals surface area contributed by atoms with Crippen LogP contribution in [0.25, 0.3) is 22.7 Å². The molecule has 4 heterocycles. The van der Waals surface area contributed by atoms with Crippen molar-refractivity contribution in [2.24, 2.45) is 0 Å². The van der Waals surface area contributed by atoms with Crippen molar-refractivity contribution in [1.29, 1.82) is 0 Å². The van der Waals surface area contributed by atoms with Crippen LogP contribution in [0.5, 0.6) is 0 Å². The molecule has 10 nitrogen and oxygen atoms in total. The average molecular weight is 406 g/mol. The van der Waals surface area contributed by atoms with Gasteiger partial charge in [-0.2, -0.15) is 9.61 Å². The van der Waals surface area contributed by atoms with E-state index in [2.05, 4.69) is 26.0 Å². The second-order valence-electron chi connectivity index (χ2n) is 7.30. The third-order valence-corrected chi connectivity index (χ3v) is 5.61. The SMILES string of the molecule is CNc1ccc(-c2cc(NC)n3ncc(C(=O)NC4CC[C@@H]4O)c3n2)n2ccnc12. The number of amides is 1. The molecule has 154 valence electrons. The Balaban J connectivity index is 1.63. The zero-order valence-corrected chi connectivity index (χ0v) is 16.6. The fraction of sp³-hybridized carbons (Fsp3) is 0.300. The second kappa shape index (κ2) is 6.99. The highest BCUT2D eigenvalue weighted by Gasteiger charge is 2.31. The van der Waals surface area contributed by atoms with Gasteiger partial charge in [-0.25, -0.2) is 9.97 Å². The zero-order chi connectivity index (χ0) is 20.8. The fourth-order valence-electron chi connectivity index (χ4n) is 3.75. The van der Waals surface area contributed by atoms with E-state index in [-0.39, 0.29) is 11.9 Å². The van der Waals surface area contributed by atoms with Gasteiger partial charge in [0.05, 0.1) is 35.4 Å². The molecule has 0 aromatic carbocycles. The van der Waals surface area contributed by atoms with E-state index in [0.717, 1.165) is 23.4 Å². The van der Waals surface area contributed by atoms with Crippen molar-refractivity contribution in [3.05, 3.63) is 42.4 Å². The Morgan fingerprint density at radius 1 is 1.20 bits per heavy atom. The lowest BCUT2D eigenvalue weighted by molar-refractivity contribution is 0.0448. The molecule has 5 rings (SSSR count). The van der Waals surface area contributed by atoms with E-state index in [9.17, 15) is 9.90 Å². The summed E-state index contributed by atoms with van der Waals surface area (Å²) < 4.78 is 3.55. The number of hydrogen-bond donors (Lipinski definition) is 4. The Hall–Kier alpha value is -3.66. The molecule has 4 N–H and O–H groups in total. The number of pyridine rings is 1. The standard InChI is InChI=1S/C20H22N8O2/c1-21-13-3-5-15(27-8-7-23-19(13)27)14-9-17(22-2)28-18(25-14)11(10-24-28)20(30)26-12-4-6-16(12)29/h3,5,7-10,12,16,21-22,29H,4,6H2,1-2H3,(H,26,30)/t12?,16-/m0/s1. The minimum atomic E-state index is -0.493. The third kappa shape index (κ3) is 2.76. The van der Waals surface area contributed by atoms with E-state index >= 15 is 0 Å². The van der Waals surface area contributed by atoms with Crippen LogP contribution in [0.2, 0.25) is 0 Å². The first-order chi connectivity index (χ1) is 14.6. The van der Waals surface area contributed by atoms with Crippen molar-refractivity contribution >= 4 is 28.7 Å². The number of imidazole rings is 1. The molecule has 0 aliphatic heterocycles. The van der Waals surface area contributed by atoms with Gasteiger partial charge in [-0.3, -0.25) is 9.20 Å². The Kier molecular flexibility index (Phi) is 4.28. The normalized spacial score (nSPS) is 18.4. The van der Waals surface area contributed by atoms with Crippen LogP contribution in [0.15, 0.2) is 36.8 Å². The van der Waals surface area contributed by atoms with E-state index in [1.165, 1.54) is 6.20 Å². The average Bonchev–Trinajstić information content (AvgIpc) is 3.42. The van der Waals surface area contributed by atoms with Gasteiger partial charge in [-0.05, 0) is 25.0 Å². The molecule has 0 radical (unpaired) electrons. The summed E-state index contributed by atoms with van der Waals surface area (Å²) in [5.74, 6) is 0.405. The maximum absolute atomic E-state index is 12.8. The Labute approximate surface area is 172 Å². The topological polar surface area (TPSA) is 121 Å². The summed E-state index contributed by atoms with van der Waals surface area (Å²) in [7, 11) is 3.64. The molecule has 1 saturated carbocycles. The number of carbonyl (C=O) groups excluding carboxylic acids is 1. The summed E-state index contributed by atoms with van der Waals surface area (Å²) in [6.45, 7) is 0. The first-order valence-corrected chi connectivity index (χ1v) is 9.80. The maximum Gasteiger partial charge on any atom is 0.257 e. The first-order valence-electron chi connectivity index (χ1n) is 9.80. The number of aliphatic hydroxyl groups is 1. The van der Waals surface area contributed by atoms with Crippen molar-refractivity contribution in [3.63, 3.8) is 0 Å². The number of anilines is 2. The van der Waals surface area contributed by atoms with Crippen molar-refractivity contribution in [3.8, 4) is 11.4 Å². The lowest BCUT2D eigenvalue weighted by atomic mass is 9.89. The lowest BCUT2D eigenvalue weighted by Crippen LogP contribution is -2.50. The number of fused-ring (bicyclic) bond motifs is 2. The molecule has 1 aliphatic carbocycles. The molecule has 2 atom stereocenters. The number of aromatic nitrogens is 5. The van der Waals surface area contributed by atoms with E-state index in [1.54, 1.807) is 17.8 Å². The van der Waals surface area contributed by atoms with E-state index in [1.807, 2.05) is 35.8 Å². The number of nitrogens with one attached hydrogen (secondary N) is 3. The van der Waals surface area contributed by atoms with Gasteiger partial charge in [0.15, 0.2) is 11.3 Å². The van der Waals surface area contributed by atoms with E-state index in [4.69, 9.17) is 4.98 Å². The van der Waals surface area contributed by atoms with Crippen LogP contribution in [0.4, 0.5) is 11.5 Å². The summed E-state index contributed by atoms with van der Waals surface area (Å²) >= 11 is 0. The number of carbonyl (C=O) groups is 1. The molecule has 1 aliphatic rings. The monoisotopic (exact) mass is 406 g/mol. The summed E-state index contributed by atoms with van der Waals surface area (Å²) in [6, 6.07) is 5.56. The molecular formula is C20H22N8O2. The summed E-state index contributed by atoms with van der Waals surface area (Å²) in [4.78, 5) is 22.0. The summed E-state index contributed by atoms with van der Waals surface area (Å²) in [5.41, 5.74) is 4.00. The van der Waals surface area contributed by atoms with E-state index in [0.29, 0.717) is 29.1 Å². The molecule has 30 heavy (non-hydrogen) atoms. The second-order valence-corrected chi connectivity index (χ2v) is 7.30. The summed E-state index contributed by atoms with van der Waals surface area (Å²) in [6.07, 6.45) is 6.09. The molecule has 0 bridgehead atoms. The molecule has 1 fully saturated rings. The minimum absolute atomic E-state index is 0.223. The van der Waals surface area contributed by atoms with Crippen molar-refractivity contribution in [2.75, 3.05) is 24.7 Å². The van der Waals surface area contributed by atoms with Crippen molar-refractivity contribution in [2.45, 2.75) is 25.0 Å². The van der Waals surface area contributed by atoms with Crippen LogP contribution in [-0.2, 0) is 0 Å².